The van der Waals surface area contributed by atoms with Crippen LogP contribution in [0.3, 0.4) is 0 Å². The van der Waals surface area contributed by atoms with Crippen LogP contribution >= 0.6 is 0 Å². The molecule has 0 radical (unpaired) electrons. The van der Waals surface area contributed by atoms with E-state index in [-0.39, 0.29) is 0 Å². The van der Waals surface area contributed by atoms with Crippen LogP contribution in [-0.4, -0.2) is 32.3 Å². The summed E-state index contributed by atoms with van der Waals surface area (Å²) >= 11 is 0. The minimum absolute atomic E-state index is 0.384. The van der Waals surface area contributed by atoms with Crippen molar-refractivity contribution in [1.82, 2.24) is 0 Å². The summed E-state index contributed by atoms with van der Waals surface area (Å²) in [5.41, 5.74) is 7.50. The molecule has 5 heteroatoms. The molecule has 0 unspecified atom stereocenters. The van der Waals surface area contributed by atoms with E-state index in [1.165, 1.54) is 32.8 Å². The van der Waals surface area contributed by atoms with Crippen LogP contribution in [0.4, 0.5) is 11.4 Å². The van der Waals surface area contributed by atoms with Crippen LogP contribution in [0.2, 0.25) is 0 Å². The maximum Gasteiger partial charge on any atom is 0.340 e. The molecular formula is C15H22N2O3. The molecule has 1 fully saturated rings. The molecule has 2 rings (SSSR count). The number of anilines is 2. The van der Waals surface area contributed by atoms with Gasteiger partial charge in [-0.3, -0.25) is 0 Å². The third-order valence-electron chi connectivity index (χ3n) is 3.58. The van der Waals surface area contributed by atoms with Crippen LogP contribution in [-0.2, 0) is 9.47 Å². The van der Waals surface area contributed by atoms with Crippen molar-refractivity contribution in [3.05, 3.63) is 23.8 Å². The first kappa shape index (κ1) is 14.7. The zero-order valence-electron chi connectivity index (χ0n) is 11.9. The summed E-state index contributed by atoms with van der Waals surface area (Å²) in [5.74, 6) is -0.423. The Kier molecular flexibility index (Phi) is 5.24. The van der Waals surface area contributed by atoms with Gasteiger partial charge in [-0.25, -0.2) is 4.79 Å². The number of methoxy groups -OCH3 is 1. The largest absolute Gasteiger partial charge is 0.465 e. The van der Waals surface area contributed by atoms with Crippen LogP contribution in [0.15, 0.2) is 18.2 Å². The van der Waals surface area contributed by atoms with Crippen LogP contribution < -0.4 is 11.1 Å². The first-order chi connectivity index (χ1) is 9.72. The quantitative estimate of drug-likeness (QED) is 0.475. The summed E-state index contributed by atoms with van der Waals surface area (Å²) in [7, 11) is 1.34. The van der Waals surface area contributed by atoms with E-state index < -0.39 is 5.97 Å². The van der Waals surface area contributed by atoms with Crippen LogP contribution in [0, 0.1) is 0 Å². The molecule has 1 aromatic rings. The average Bonchev–Trinajstić information content (AvgIpc) is 2.97. The number of para-hydroxylation sites is 1. The lowest BCUT2D eigenvalue weighted by Crippen LogP contribution is -2.16. The lowest BCUT2D eigenvalue weighted by Gasteiger charge is -2.14. The number of nitrogens with two attached hydrogens (primary N) is 1. The van der Waals surface area contributed by atoms with E-state index in [1.54, 1.807) is 12.1 Å². The fourth-order valence-electron chi connectivity index (χ4n) is 2.47. The van der Waals surface area contributed by atoms with E-state index in [2.05, 4.69) is 5.32 Å². The number of carbonyl (C=O) groups excluding carboxylic acids is 1. The molecule has 5 nitrogen and oxygen atoms in total. The number of hydrogen-bond acceptors (Lipinski definition) is 5. The van der Waals surface area contributed by atoms with Crippen LogP contribution in [0.5, 0.6) is 0 Å². The van der Waals surface area contributed by atoms with Crippen molar-refractivity contribution in [2.75, 3.05) is 31.3 Å². The van der Waals surface area contributed by atoms with Gasteiger partial charge in [-0.2, -0.15) is 0 Å². The summed E-state index contributed by atoms with van der Waals surface area (Å²) in [6.45, 7) is 1.32. The zero-order valence-corrected chi connectivity index (χ0v) is 11.9. The topological polar surface area (TPSA) is 73.6 Å². The predicted molar refractivity (Wildman–Crippen MR) is 78.9 cm³/mol. The van der Waals surface area contributed by atoms with E-state index in [0.29, 0.717) is 30.5 Å². The maximum atomic E-state index is 11.5. The van der Waals surface area contributed by atoms with Gasteiger partial charge in [0.25, 0.3) is 0 Å². The highest BCUT2D eigenvalue weighted by Crippen LogP contribution is 2.23. The molecule has 1 saturated carbocycles. The van der Waals surface area contributed by atoms with Gasteiger partial charge in [-0.05, 0) is 25.0 Å². The second-order valence-corrected chi connectivity index (χ2v) is 4.96. The van der Waals surface area contributed by atoms with Gasteiger partial charge < -0.3 is 20.5 Å². The van der Waals surface area contributed by atoms with Crippen molar-refractivity contribution >= 4 is 17.3 Å². The van der Waals surface area contributed by atoms with Gasteiger partial charge in [-0.15, -0.1) is 0 Å². The Balaban J connectivity index is 1.84. The Hall–Kier alpha value is -1.75. The summed E-state index contributed by atoms with van der Waals surface area (Å²) in [6.07, 6.45) is 5.29. The SMILES string of the molecule is COC(=O)c1cccc(NCCOC2CCCC2)c1N. The van der Waals surface area contributed by atoms with Crippen molar-refractivity contribution in [2.45, 2.75) is 31.8 Å². The summed E-state index contributed by atoms with van der Waals surface area (Å²) < 4.78 is 10.5. The molecule has 0 heterocycles. The third-order valence-corrected chi connectivity index (χ3v) is 3.58. The Morgan fingerprint density at radius 3 is 2.85 bits per heavy atom. The van der Waals surface area contributed by atoms with Gasteiger partial charge in [0, 0.05) is 6.54 Å². The Morgan fingerprint density at radius 2 is 2.15 bits per heavy atom. The fraction of sp³-hybridized carbons (Fsp3) is 0.533. The number of benzene rings is 1. The zero-order chi connectivity index (χ0) is 14.4. The number of hydrogen-bond donors (Lipinski definition) is 2. The molecule has 1 aromatic carbocycles. The third kappa shape index (κ3) is 3.63. The van der Waals surface area contributed by atoms with E-state index in [1.807, 2.05) is 6.07 Å². The number of nitrogens with one attached hydrogen (secondary N) is 1. The molecular weight excluding hydrogens is 256 g/mol. The molecule has 0 amide bonds. The van der Waals surface area contributed by atoms with Crippen molar-refractivity contribution < 1.29 is 14.3 Å². The Morgan fingerprint density at radius 1 is 1.40 bits per heavy atom. The molecule has 20 heavy (non-hydrogen) atoms. The van der Waals surface area contributed by atoms with Gasteiger partial charge in [0.1, 0.15) is 0 Å². The predicted octanol–water partition coefficient (Wildman–Crippen LogP) is 2.43. The van der Waals surface area contributed by atoms with Gasteiger partial charge in [0.15, 0.2) is 0 Å². The summed E-state index contributed by atoms with van der Waals surface area (Å²) in [5, 5.41) is 3.20. The maximum absolute atomic E-state index is 11.5. The van der Waals surface area contributed by atoms with Crippen molar-refractivity contribution in [1.29, 1.82) is 0 Å². The standard InChI is InChI=1S/C15H22N2O3/c1-19-15(18)12-7-4-8-13(14(12)16)17-9-10-20-11-5-2-3-6-11/h4,7-8,11,17H,2-3,5-6,9-10,16H2,1H3. The summed E-state index contributed by atoms with van der Waals surface area (Å²) in [6, 6.07) is 5.28. The smallest absolute Gasteiger partial charge is 0.340 e. The highest BCUT2D eigenvalue weighted by molar-refractivity contribution is 5.98. The van der Waals surface area contributed by atoms with Gasteiger partial charge in [-0.1, -0.05) is 18.9 Å². The molecule has 0 aromatic heterocycles. The summed E-state index contributed by atoms with van der Waals surface area (Å²) in [4.78, 5) is 11.5. The lowest BCUT2D eigenvalue weighted by atomic mass is 10.1. The number of nitrogen functional groups attached to an aromatic ring is 1. The number of carbonyl (C=O) groups is 1. The molecule has 0 bridgehead atoms. The van der Waals surface area contributed by atoms with Gasteiger partial charge >= 0.3 is 5.97 Å². The molecule has 3 N–H and O–H groups in total. The Labute approximate surface area is 119 Å². The lowest BCUT2D eigenvalue weighted by molar-refractivity contribution is 0.0602. The van der Waals surface area contributed by atoms with Crippen molar-refractivity contribution in [3.8, 4) is 0 Å². The second kappa shape index (κ2) is 7.14. The number of rotatable bonds is 6. The molecule has 1 aliphatic rings. The molecule has 0 saturated heterocycles. The fourth-order valence-corrected chi connectivity index (χ4v) is 2.47. The van der Waals surface area contributed by atoms with E-state index >= 15 is 0 Å². The van der Waals surface area contributed by atoms with Gasteiger partial charge in [0.2, 0.25) is 0 Å². The minimum atomic E-state index is -0.423. The first-order valence-electron chi connectivity index (χ1n) is 7.04. The molecule has 0 atom stereocenters. The van der Waals surface area contributed by atoms with Gasteiger partial charge in [0.05, 0.1) is 36.8 Å². The number of ether oxygens (including phenoxy) is 2. The van der Waals surface area contributed by atoms with E-state index in [4.69, 9.17) is 15.2 Å². The van der Waals surface area contributed by atoms with Crippen molar-refractivity contribution in [3.63, 3.8) is 0 Å². The monoisotopic (exact) mass is 278 g/mol. The van der Waals surface area contributed by atoms with E-state index in [9.17, 15) is 4.79 Å². The Bertz CT molecular complexity index is 456. The first-order valence-corrected chi connectivity index (χ1v) is 7.04. The van der Waals surface area contributed by atoms with Crippen LogP contribution in [0.1, 0.15) is 36.0 Å². The van der Waals surface area contributed by atoms with Crippen LogP contribution in [0.25, 0.3) is 0 Å². The molecule has 0 spiro atoms. The minimum Gasteiger partial charge on any atom is -0.465 e. The molecule has 1 aliphatic carbocycles. The average molecular weight is 278 g/mol. The van der Waals surface area contributed by atoms with E-state index in [0.717, 1.165) is 5.69 Å². The van der Waals surface area contributed by atoms with Crippen molar-refractivity contribution in [2.24, 2.45) is 0 Å². The molecule has 0 aliphatic heterocycles. The highest BCUT2D eigenvalue weighted by atomic mass is 16.5. The normalized spacial score (nSPS) is 15.2. The highest BCUT2D eigenvalue weighted by Gasteiger charge is 2.15. The molecule has 110 valence electrons. The number of esters is 1. The second-order valence-electron chi connectivity index (χ2n) is 4.96.